The van der Waals surface area contributed by atoms with E-state index in [1.165, 1.54) is 0 Å². The van der Waals surface area contributed by atoms with Crippen LogP contribution in [0.3, 0.4) is 0 Å². The van der Waals surface area contributed by atoms with Gasteiger partial charge < -0.3 is 19.9 Å². The van der Waals surface area contributed by atoms with Crippen LogP contribution in [-0.4, -0.2) is 77.3 Å². The normalized spacial score (nSPS) is 19.9. The minimum Gasteiger partial charge on any atom is -0.466 e. The van der Waals surface area contributed by atoms with Crippen molar-refractivity contribution in [3.8, 4) is 0 Å². The Hall–Kier alpha value is -4.40. The predicted molar refractivity (Wildman–Crippen MR) is 158 cm³/mol. The van der Waals surface area contributed by atoms with Crippen molar-refractivity contribution in [1.82, 2.24) is 20.0 Å². The Morgan fingerprint density at radius 3 is 2.40 bits per heavy atom. The average molecular weight is 571 g/mol. The number of carbonyl (C=O) groups excluding carboxylic acids is 4. The third-order valence-corrected chi connectivity index (χ3v) is 8.33. The van der Waals surface area contributed by atoms with Gasteiger partial charge in [-0.1, -0.05) is 66.2 Å². The monoisotopic (exact) mass is 570 g/mol. The number of esters is 1. The van der Waals surface area contributed by atoms with Crippen LogP contribution in [0, 0.1) is 12.8 Å². The van der Waals surface area contributed by atoms with E-state index in [1.54, 1.807) is 27.7 Å². The van der Waals surface area contributed by atoms with Crippen molar-refractivity contribution in [2.75, 3.05) is 32.8 Å². The van der Waals surface area contributed by atoms with Gasteiger partial charge in [-0.05, 0) is 37.8 Å². The van der Waals surface area contributed by atoms with Crippen LogP contribution < -0.4 is 5.32 Å². The summed E-state index contributed by atoms with van der Waals surface area (Å²) in [5.74, 6) is -0.876. The minimum absolute atomic E-state index is 0.139. The number of rotatable bonds is 9. The van der Waals surface area contributed by atoms with Crippen molar-refractivity contribution in [3.63, 3.8) is 0 Å². The summed E-state index contributed by atoms with van der Waals surface area (Å²) in [6.45, 7) is 9.11. The van der Waals surface area contributed by atoms with Crippen LogP contribution in [0.15, 0.2) is 78.5 Å². The molecule has 0 aliphatic carbocycles. The van der Waals surface area contributed by atoms with Gasteiger partial charge in [0.15, 0.2) is 0 Å². The fraction of sp³-hybridized carbons (Fsp3) is 0.394. The molecule has 0 spiro atoms. The Kier molecular flexibility index (Phi) is 8.75. The standard InChI is InChI=1S/C33H38N4O5/c1-4-17-36-27-21-37(31(39)28(27)29(34-33(36)41)24-13-11-22(3)12-14-24)26(20-23-9-7-6-8-10-23)30(38)35-18-15-25(16-19-35)32(40)42-5-2/h4,6-14,25-26,29H,1,5,15-21H2,2-3H3,(H,34,41)/t26-,29+/m0/s1. The van der Waals surface area contributed by atoms with Crippen LogP contribution in [0.2, 0.25) is 0 Å². The molecule has 0 bridgehead atoms. The summed E-state index contributed by atoms with van der Waals surface area (Å²) < 4.78 is 5.20. The van der Waals surface area contributed by atoms with Crippen molar-refractivity contribution in [3.05, 3.63) is 95.2 Å². The predicted octanol–water partition coefficient (Wildman–Crippen LogP) is 3.76. The third kappa shape index (κ3) is 5.82. The number of benzene rings is 2. The van der Waals surface area contributed by atoms with Gasteiger partial charge in [-0.3, -0.25) is 19.3 Å². The number of ether oxygens (including phenoxy) is 1. The first-order chi connectivity index (χ1) is 20.3. The molecule has 1 N–H and O–H groups in total. The topological polar surface area (TPSA) is 99.3 Å². The summed E-state index contributed by atoms with van der Waals surface area (Å²) in [6.07, 6.45) is 3.00. The fourth-order valence-corrected chi connectivity index (χ4v) is 6.07. The molecule has 2 atom stereocenters. The SMILES string of the molecule is C=CCN1C(=O)N[C@H](c2ccc(C)cc2)C2=C1CN([C@@H](Cc1ccccc1)C(=O)N1CCC(C(=O)OCC)CC1)C2=O. The molecule has 1 fully saturated rings. The van der Waals surface area contributed by atoms with Gasteiger partial charge in [-0.2, -0.15) is 0 Å². The number of urea groups is 1. The summed E-state index contributed by atoms with van der Waals surface area (Å²) in [6, 6.07) is 15.7. The molecule has 220 valence electrons. The summed E-state index contributed by atoms with van der Waals surface area (Å²) in [5, 5.41) is 3.01. The lowest BCUT2D eigenvalue weighted by molar-refractivity contribution is -0.152. The fourth-order valence-electron chi connectivity index (χ4n) is 6.07. The Bertz CT molecular complexity index is 1380. The molecule has 3 aliphatic heterocycles. The Labute approximate surface area is 246 Å². The van der Waals surface area contributed by atoms with Crippen LogP contribution in [0.5, 0.6) is 0 Å². The molecule has 9 nitrogen and oxygen atoms in total. The van der Waals surface area contributed by atoms with E-state index in [4.69, 9.17) is 4.74 Å². The van der Waals surface area contributed by atoms with Gasteiger partial charge in [0.25, 0.3) is 5.91 Å². The molecule has 3 aliphatic rings. The summed E-state index contributed by atoms with van der Waals surface area (Å²) in [7, 11) is 0. The third-order valence-electron chi connectivity index (χ3n) is 8.33. The molecule has 3 heterocycles. The molecule has 1 saturated heterocycles. The maximum Gasteiger partial charge on any atom is 0.322 e. The van der Waals surface area contributed by atoms with E-state index in [0.717, 1.165) is 16.7 Å². The highest BCUT2D eigenvalue weighted by atomic mass is 16.5. The quantitative estimate of drug-likeness (QED) is 0.366. The number of amides is 4. The molecular weight excluding hydrogens is 532 g/mol. The van der Waals surface area contributed by atoms with Crippen molar-refractivity contribution in [2.24, 2.45) is 5.92 Å². The van der Waals surface area contributed by atoms with E-state index in [-0.39, 0.29) is 42.8 Å². The lowest BCUT2D eigenvalue weighted by Gasteiger charge is -2.36. The molecule has 5 rings (SSSR count). The second-order valence-electron chi connectivity index (χ2n) is 11.0. The number of piperidine rings is 1. The number of aryl methyl sites for hydroxylation is 1. The van der Waals surface area contributed by atoms with E-state index >= 15 is 0 Å². The number of hydrogen-bond acceptors (Lipinski definition) is 5. The zero-order valence-corrected chi connectivity index (χ0v) is 24.3. The number of likely N-dealkylation sites (tertiary alicyclic amines) is 1. The van der Waals surface area contributed by atoms with Crippen LogP contribution in [0.1, 0.15) is 42.5 Å². The first-order valence-corrected chi connectivity index (χ1v) is 14.6. The summed E-state index contributed by atoms with van der Waals surface area (Å²) in [4.78, 5) is 59.0. The molecule has 0 aromatic heterocycles. The highest BCUT2D eigenvalue weighted by Crippen LogP contribution is 2.38. The van der Waals surface area contributed by atoms with Gasteiger partial charge in [0, 0.05) is 26.1 Å². The van der Waals surface area contributed by atoms with Crippen molar-refractivity contribution < 1.29 is 23.9 Å². The van der Waals surface area contributed by atoms with Gasteiger partial charge in [0.1, 0.15) is 6.04 Å². The van der Waals surface area contributed by atoms with Crippen molar-refractivity contribution >= 4 is 23.8 Å². The number of nitrogens with one attached hydrogen (secondary N) is 1. The van der Waals surface area contributed by atoms with Crippen LogP contribution in [0.25, 0.3) is 0 Å². The van der Waals surface area contributed by atoms with Crippen LogP contribution in [0.4, 0.5) is 4.79 Å². The molecule has 0 unspecified atom stereocenters. The van der Waals surface area contributed by atoms with Crippen LogP contribution >= 0.6 is 0 Å². The van der Waals surface area contributed by atoms with Gasteiger partial charge in [0.05, 0.1) is 36.4 Å². The molecule has 2 aromatic rings. The smallest absolute Gasteiger partial charge is 0.322 e. The van der Waals surface area contributed by atoms with Crippen molar-refractivity contribution in [2.45, 2.75) is 45.2 Å². The highest BCUT2D eigenvalue weighted by molar-refractivity contribution is 6.03. The number of hydrogen-bond donors (Lipinski definition) is 1. The van der Waals surface area contributed by atoms with Gasteiger partial charge in [-0.15, -0.1) is 6.58 Å². The van der Waals surface area contributed by atoms with Gasteiger partial charge in [-0.25, -0.2) is 4.79 Å². The Balaban J connectivity index is 1.46. The molecule has 0 radical (unpaired) electrons. The zero-order valence-electron chi connectivity index (χ0n) is 24.3. The van der Waals surface area contributed by atoms with E-state index in [2.05, 4.69) is 11.9 Å². The average Bonchev–Trinajstić information content (AvgIpc) is 3.34. The Morgan fingerprint density at radius 2 is 1.76 bits per heavy atom. The Morgan fingerprint density at radius 1 is 1.07 bits per heavy atom. The van der Waals surface area contributed by atoms with Gasteiger partial charge >= 0.3 is 12.0 Å². The molecule has 9 heteroatoms. The second kappa shape index (κ2) is 12.6. The first-order valence-electron chi connectivity index (χ1n) is 14.6. The van der Waals surface area contributed by atoms with E-state index in [9.17, 15) is 19.2 Å². The van der Waals surface area contributed by atoms with E-state index in [1.807, 2.05) is 61.5 Å². The van der Waals surface area contributed by atoms with Gasteiger partial charge in [0.2, 0.25) is 5.91 Å². The zero-order chi connectivity index (χ0) is 29.8. The lowest BCUT2D eigenvalue weighted by Crippen LogP contribution is -2.53. The maximum absolute atomic E-state index is 14.3. The van der Waals surface area contributed by atoms with Crippen molar-refractivity contribution in [1.29, 1.82) is 0 Å². The van der Waals surface area contributed by atoms with E-state index < -0.39 is 12.1 Å². The molecule has 0 saturated carbocycles. The summed E-state index contributed by atoms with van der Waals surface area (Å²) in [5.41, 5.74) is 3.89. The molecule has 2 aromatic carbocycles. The van der Waals surface area contributed by atoms with E-state index in [0.29, 0.717) is 50.2 Å². The number of carbonyl (C=O) groups is 4. The second-order valence-corrected chi connectivity index (χ2v) is 11.0. The number of nitrogens with zero attached hydrogens (tertiary/aromatic N) is 3. The molecule has 4 amide bonds. The molecule has 42 heavy (non-hydrogen) atoms. The summed E-state index contributed by atoms with van der Waals surface area (Å²) >= 11 is 0. The highest BCUT2D eigenvalue weighted by Gasteiger charge is 2.47. The maximum atomic E-state index is 14.3. The van der Waals surface area contributed by atoms with Crippen LogP contribution in [-0.2, 0) is 25.5 Å². The minimum atomic E-state index is -0.774. The largest absolute Gasteiger partial charge is 0.466 e. The first kappa shape index (κ1) is 29.1. The molecular formula is C33H38N4O5. The lowest BCUT2D eigenvalue weighted by atomic mass is 9.94.